The third kappa shape index (κ3) is 1.30. The normalized spacial score (nSPS) is 23.3. The third-order valence-corrected chi connectivity index (χ3v) is 4.16. The summed E-state index contributed by atoms with van der Waals surface area (Å²) in [5, 5.41) is 12.2. The van der Waals surface area contributed by atoms with Gasteiger partial charge in [0.1, 0.15) is 11.2 Å². The highest BCUT2D eigenvalue weighted by atomic mass is 32.1. The van der Waals surface area contributed by atoms with Crippen molar-refractivity contribution in [2.24, 2.45) is 0 Å². The van der Waals surface area contributed by atoms with Crippen LogP contribution >= 0.6 is 11.3 Å². The Labute approximate surface area is 91.8 Å². The van der Waals surface area contributed by atoms with Crippen LogP contribution in [-0.4, -0.2) is 10.8 Å². The smallest absolute Gasteiger partial charge is 0.136 e. The minimum Gasteiger partial charge on any atom is -0.300 e. The van der Waals surface area contributed by atoms with Crippen molar-refractivity contribution < 1.29 is 4.79 Å². The molecule has 0 spiro atoms. The number of carbonyl (C=O) groups is 1. The van der Waals surface area contributed by atoms with E-state index in [0.29, 0.717) is 18.8 Å². The molecule has 3 nitrogen and oxygen atoms in total. The first kappa shape index (κ1) is 9.05. The number of nitrogens with zero attached hydrogens (tertiary/aromatic N) is 2. The monoisotopic (exact) mass is 218 g/mol. The number of aromatic nitrogens is 1. The van der Waals surface area contributed by atoms with E-state index >= 15 is 0 Å². The summed E-state index contributed by atoms with van der Waals surface area (Å²) in [7, 11) is 0. The topological polar surface area (TPSA) is 53.8 Å². The fraction of sp³-hybridized carbons (Fsp3) is 0.545. The van der Waals surface area contributed by atoms with Crippen molar-refractivity contribution in [1.82, 2.24) is 4.98 Å². The van der Waals surface area contributed by atoms with Gasteiger partial charge in [-0.05, 0) is 12.8 Å². The molecule has 76 valence electrons. The first-order valence-corrected chi connectivity index (χ1v) is 6.00. The lowest BCUT2D eigenvalue weighted by Gasteiger charge is -2.31. The van der Waals surface area contributed by atoms with Crippen molar-refractivity contribution in [2.45, 2.75) is 37.0 Å². The second-order valence-electron chi connectivity index (χ2n) is 4.43. The van der Waals surface area contributed by atoms with Crippen LogP contribution in [-0.2, 0) is 10.2 Å². The fourth-order valence-electron chi connectivity index (χ4n) is 1.96. The van der Waals surface area contributed by atoms with Crippen molar-refractivity contribution in [2.75, 3.05) is 0 Å². The van der Waals surface area contributed by atoms with Gasteiger partial charge in [0.25, 0.3) is 0 Å². The molecule has 0 atom stereocenters. The molecule has 0 aliphatic heterocycles. The van der Waals surface area contributed by atoms with Crippen molar-refractivity contribution in [1.29, 1.82) is 5.26 Å². The SMILES string of the molecule is N#CC1(c2csc(C3CC3)n2)CC(=O)C1. The van der Waals surface area contributed by atoms with Crippen LogP contribution in [0.25, 0.3) is 0 Å². The predicted octanol–water partition coefficient (Wildman–Crippen LogP) is 2.14. The Balaban J connectivity index is 1.91. The first-order valence-electron chi connectivity index (χ1n) is 5.12. The molecule has 0 N–H and O–H groups in total. The van der Waals surface area contributed by atoms with Crippen LogP contribution in [0.3, 0.4) is 0 Å². The van der Waals surface area contributed by atoms with Crippen molar-refractivity contribution in [3.05, 3.63) is 16.1 Å². The van der Waals surface area contributed by atoms with Gasteiger partial charge in [-0.15, -0.1) is 11.3 Å². The molecule has 4 heteroatoms. The Hall–Kier alpha value is -1.21. The maximum Gasteiger partial charge on any atom is 0.136 e. The molecule has 1 aromatic heterocycles. The van der Waals surface area contributed by atoms with Gasteiger partial charge in [-0.1, -0.05) is 0 Å². The van der Waals surface area contributed by atoms with Gasteiger partial charge in [0, 0.05) is 24.1 Å². The van der Waals surface area contributed by atoms with Crippen LogP contribution < -0.4 is 0 Å². The highest BCUT2D eigenvalue weighted by Crippen LogP contribution is 2.45. The molecular formula is C11H10N2OS. The highest BCUT2D eigenvalue weighted by Gasteiger charge is 2.47. The molecule has 1 aromatic rings. The van der Waals surface area contributed by atoms with E-state index in [1.54, 1.807) is 11.3 Å². The molecule has 0 radical (unpaired) electrons. The van der Waals surface area contributed by atoms with E-state index in [9.17, 15) is 4.79 Å². The lowest BCUT2D eigenvalue weighted by molar-refractivity contribution is -0.126. The van der Waals surface area contributed by atoms with Crippen LogP contribution in [0.2, 0.25) is 0 Å². The number of rotatable bonds is 2. The van der Waals surface area contributed by atoms with Crippen LogP contribution in [0.1, 0.15) is 42.3 Å². The fourth-order valence-corrected chi connectivity index (χ4v) is 3.05. The standard InChI is InChI=1S/C11H10N2OS/c12-6-11(3-8(14)4-11)9-5-15-10(13-9)7-1-2-7/h5,7H,1-4H2. The zero-order valence-electron chi connectivity index (χ0n) is 8.19. The average Bonchev–Trinajstić information content (AvgIpc) is 2.92. The van der Waals surface area contributed by atoms with E-state index in [1.807, 2.05) is 5.38 Å². The number of ketones is 1. The van der Waals surface area contributed by atoms with E-state index in [0.717, 1.165) is 10.7 Å². The Morgan fingerprint density at radius 3 is 2.80 bits per heavy atom. The average molecular weight is 218 g/mol. The zero-order chi connectivity index (χ0) is 10.5. The maximum absolute atomic E-state index is 11.0. The van der Waals surface area contributed by atoms with Gasteiger partial charge in [0.15, 0.2) is 0 Å². The van der Waals surface area contributed by atoms with Crippen molar-refractivity contribution in [3.8, 4) is 6.07 Å². The summed E-state index contributed by atoms with van der Waals surface area (Å²) in [5.41, 5.74) is 0.247. The van der Waals surface area contributed by atoms with Gasteiger partial charge < -0.3 is 0 Å². The Kier molecular flexibility index (Phi) is 1.74. The number of nitriles is 1. The number of Topliss-reactive ketones (excluding diaryl/α,β-unsaturated/α-hetero) is 1. The Bertz CT molecular complexity index is 459. The molecule has 2 aliphatic rings. The number of hydrogen-bond donors (Lipinski definition) is 0. The number of carbonyl (C=O) groups excluding carboxylic acids is 1. The van der Waals surface area contributed by atoms with Gasteiger partial charge in [-0.25, -0.2) is 4.98 Å². The summed E-state index contributed by atoms with van der Waals surface area (Å²) in [6, 6.07) is 2.26. The van der Waals surface area contributed by atoms with Crippen LogP contribution in [0, 0.1) is 11.3 Å². The van der Waals surface area contributed by atoms with Gasteiger partial charge >= 0.3 is 0 Å². The zero-order valence-corrected chi connectivity index (χ0v) is 9.01. The summed E-state index contributed by atoms with van der Waals surface area (Å²) in [5.74, 6) is 0.813. The van der Waals surface area contributed by atoms with E-state index in [1.165, 1.54) is 12.8 Å². The largest absolute Gasteiger partial charge is 0.300 e. The number of hydrogen-bond acceptors (Lipinski definition) is 4. The van der Waals surface area contributed by atoms with Crippen molar-refractivity contribution in [3.63, 3.8) is 0 Å². The second-order valence-corrected chi connectivity index (χ2v) is 5.32. The van der Waals surface area contributed by atoms with Crippen LogP contribution in [0.4, 0.5) is 0 Å². The molecule has 0 saturated heterocycles. The summed E-state index contributed by atoms with van der Waals surface area (Å²) in [4.78, 5) is 15.5. The molecule has 3 rings (SSSR count). The molecule has 15 heavy (non-hydrogen) atoms. The summed E-state index contributed by atoms with van der Waals surface area (Å²) in [6.07, 6.45) is 3.17. The van der Waals surface area contributed by atoms with Gasteiger partial charge in [0.2, 0.25) is 0 Å². The molecule has 2 fully saturated rings. The van der Waals surface area contributed by atoms with Gasteiger partial charge in [-0.3, -0.25) is 4.79 Å². The highest BCUT2D eigenvalue weighted by molar-refractivity contribution is 7.09. The minimum atomic E-state index is -0.583. The predicted molar refractivity (Wildman–Crippen MR) is 55.6 cm³/mol. The van der Waals surface area contributed by atoms with E-state index in [2.05, 4.69) is 11.1 Å². The molecule has 0 aromatic carbocycles. The molecule has 0 amide bonds. The second kappa shape index (κ2) is 2.89. The first-order chi connectivity index (χ1) is 7.23. The quantitative estimate of drug-likeness (QED) is 0.764. The molecule has 1 heterocycles. The summed E-state index contributed by atoms with van der Waals surface area (Å²) < 4.78 is 0. The minimum absolute atomic E-state index is 0.178. The van der Waals surface area contributed by atoms with E-state index in [-0.39, 0.29) is 5.78 Å². The summed E-state index contributed by atoms with van der Waals surface area (Å²) in [6.45, 7) is 0. The maximum atomic E-state index is 11.0. The summed E-state index contributed by atoms with van der Waals surface area (Å²) >= 11 is 1.64. The number of thiazole rings is 1. The van der Waals surface area contributed by atoms with Gasteiger partial charge in [-0.2, -0.15) is 5.26 Å². The Morgan fingerprint density at radius 2 is 2.27 bits per heavy atom. The van der Waals surface area contributed by atoms with Crippen LogP contribution in [0.5, 0.6) is 0 Å². The third-order valence-electron chi connectivity index (χ3n) is 3.15. The molecule has 2 saturated carbocycles. The van der Waals surface area contributed by atoms with Crippen LogP contribution in [0.15, 0.2) is 5.38 Å². The lowest BCUT2D eigenvalue weighted by atomic mass is 9.67. The van der Waals surface area contributed by atoms with Gasteiger partial charge in [0.05, 0.1) is 16.8 Å². The Morgan fingerprint density at radius 1 is 1.53 bits per heavy atom. The molecular weight excluding hydrogens is 208 g/mol. The molecule has 0 bridgehead atoms. The van der Waals surface area contributed by atoms with Crippen molar-refractivity contribution >= 4 is 17.1 Å². The molecule has 0 unspecified atom stereocenters. The van der Waals surface area contributed by atoms with E-state index in [4.69, 9.17) is 5.26 Å². The molecule has 2 aliphatic carbocycles. The lowest BCUT2D eigenvalue weighted by Crippen LogP contribution is -2.40. The van der Waals surface area contributed by atoms with E-state index < -0.39 is 5.41 Å².